The molecular weight excluding hydrogens is 269 g/mol. The van der Waals surface area contributed by atoms with E-state index >= 15 is 0 Å². The molecule has 19 heavy (non-hydrogen) atoms. The van der Waals surface area contributed by atoms with Crippen molar-refractivity contribution in [2.45, 2.75) is 36.6 Å². The van der Waals surface area contributed by atoms with E-state index in [0.29, 0.717) is 0 Å². The summed E-state index contributed by atoms with van der Waals surface area (Å²) in [5.74, 6) is -0.573. The van der Waals surface area contributed by atoms with Gasteiger partial charge in [-0.3, -0.25) is 0 Å². The fraction of sp³-hybridized carbons (Fsp3) is 0.538. The minimum Gasteiger partial charge on any atom is -0.395 e. The highest BCUT2D eigenvalue weighted by Gasteiger charge is 2.32. The molecule has 2 rings (SSSR count). The molecule has 0 aromatic heterocycles. The Kier molecular flexibility index (Phi) is 4.54. The van der Waals surface area contributed by atoms with Crippen molar-refractivity contribution in [1.82, 2.24) is 4.31 Å². The molecular formula is C13H18FNO3S. The van der Waals surface area contributed by atoms with E-state index in [-0.39, 0.29) is 24.1 Å². The smallest absolute Gasteiger partial charge is 0.243 e. The Labute approximate surface area is 112 Å². The molecule has 1 aromatic carbocycles. The van der Waals surface area contributed by atoms with Gasteiger partial charge in [0, 0.05) is 12.6 Å². The Morgan fingerprint density at radius 2 is 2.00 bits per heavy atom. The van der Waals surface area contributed by atoms with Crippen LogP contribution >= 0.6 is 0 Å². The summed E-state index contributed by atoms with van der Waals surface area (Å²) < 4.78 is 39.5. The third-order valence-corrected chi connectivity index (χ3v) is 5.40. The first kappa shape index (κ1) is 14.4. The van der Waals surface area contributed by atoms with Crippen LogP contribution in [0.25, 0.3) is 0 Å². The molecule has 0 aliphatic heterocycles. The van der Waals surface area contributed by atoms with Crippen LogP contribution < -0.4 is 0 Å². The molecule has 6 heteroatoms. The number of aliphatic hydroxyl groups is 1. The fourth-order valence-electron chi connectivity index (χ4n) is 2.55. The number of hydrogen-bond acceptors (Lipinski definition) is 3. The van der Waals surface area contributed by atoms with E-state index in [1.165, 1.54) is 22.5 Å². The van der Waals surface area contributed by atoms with Crippen LogP contribution in [0.15, 0.2) is 29.2 Å². The maximum atomic E-state index is 13.2. The maximum Gasteiger partial charge on any atom is 0.243 e. The summed E-state index contributed by atoms with van der Waals surface area (Å²) in [6.45, 7) is -0.172. The molecule has 0 amide bonds. The summed E-state index contributed by atoms with van der Waals surface area (Å²) in [5.41, 5.74) is 0. The molecule has 1 fully saturated rings. The maximum absolute atomic E-state index is 13.2. The molecule has 0 heterocycles. The highest BCUT2D eigenvalue weighted by Crippen LogP contribution is 2.28. The lowest BCUT2D eigenvalue weighted by Gasteiger charge is -2.27. The predicted molar refractivity (Wildman–Crippen MR) is 69.6 cm³/mol. The van der Waals surface area contributed by atoms with Crippen LogP contribution in [0, 0.1) is 5.82 Å². The predicted octanol–water partition coefficient (Wildman–Crippen LogP) is 1.75. The topological polar surface area (TPSA) is 57.6 Å². The normalized spacial score (nSPS) is 17.2. The van der Waals surface area contributed by atoms with Crippen LogP contribution in [0.2, 0.25) is 0 Å². The zero-order valence-electron chi connectivity index (χ0n) is 10.6. The van der Waals surface area contributed by atoms with Crippen LogP contribution in [0.5, 0.6) is 0 Å². The first-order chi connectivity index (χ1) is 9.05. The van der Waals surface area contributed by atoms with Crippen LogP contribution in [0.3, 0.4) is 0 Å². The molecule has 1 aliphatic carbocycles. The van der Waals surface area contributed by atoms with Crippen LogP contribution in [-0.2, 0) is 10.0 Å². The van der Waals surface area contributed by atoms with Gasteiger partial charge in [-0.1, -0.05) is 18.9 Å². The van der Waals surface area contributed by atoms with Gasteiger partial charge in [-0.2, -0.15) is 4.31 Å². The third-order valence-electron chi connectivity index (χ3n) is 3.46. The number of aliphatic hydroxyl groups excluding tert-OH is 1. The standard InChI is InChI=1S/C13H18FNO3S/c14-11-4-3-7-13(10-11)19(17,18)15(8-9-16)12-5-1-2-6-12/h3-4,7,10,12,16H,1-2,5-6,8-9H2. The SMILES string of the molecule is O=S(=O)(c1cccc(F)c1)N(CCO)C1CCCC1. The lowest BCUT2D eigenvalue weighted by molar-refractivity contribution is 0.226. The lowest BCUT2D eigenvalue weighted by Crippen LogP contribution is -2.40. The summed E-state index contributed by atoms with van der Waals surface area (Å²) in [4.78, 5) is -0.0483. The second-order valence-electron chi connectivity index (χ2n) is 4.74. The molecule has 0 bridgehead atoms. The first-order valence-corrected chi connectivity index (χ1v) is 7.88. The summed E-state index contributed by atoms with van der Waals surface area (Å²) in [7, 11) is -3.74. The second-order valence-corrected chi connectivity index (χ2v) is 6.63. The van der Waals surface area contributed by atoms with Gasteiger partial charge in [0.05, 0.1) is 11.5 Å². The molecule has 0 unspecified atom stereocenters. The summed E-state index contributed by atoms with van der Waals surface area (Å²) >= 11 is 0. The van der Waals surface area contributed by atoms with Gasteiger partial charge < -0.3 is 5.11 Å². The van der Waals surface area contributed by atoms with Gasteiger partial charge in [0.25, 0.3) is 0 Å². The van der Waals surface area contributed by atoms with Crippen molar-refractivity contribution < 1.29 is 17.9 Å². The average molecular weight is 287 g/mol. The van der Waals surface area contributed by atoms with Gasteiger partial charge in [0.1, 0.15) is 5.82 Å². The van der Waals surface area contributed by atoms with Crippen LogP contribution in [-0.4, -0.2) is 37.0 Å². The molecule has 1 N–H and O–H groups in total. The van der Waals surface area contributed by atoms with Crippen molar-refractivity contribution >= 4 is 10.0 Å². The van der Waals surface area contributed by atoms with Gasteiger partial charge in [0.2, 0.25) is 10.0 Å². The van der Waals surface area contributed by atoms with E-state index < -0.39 is 15.8 Å². The van der Waals surface area contributed by atoms with Crippen molar-refractivity contribution in [3.63, 3.8) is 0 Å². The molecule has 0 saturated heterocycles. The Hall–Kier alpha value is -0.980. The molecule has 0 radical (unpaired) electrons. The monoisotopic (exact) mass is 287 g/mol. The van der Waals surface area contributed by atoms with Crippen molar-refractivity contribution in [3.8, 4) is 0 Å². The minimum atomic E-state index is -3.74. The second kappa shape index (κ2) is 5.98. The molecule has 1 saturated carbocycles. The van der Waals surface area contributed by atoms with Crippen molar-refractivity contribution in [2.24, 2.45) is 0 Å². The minimum absolute atomic E-state index is 0.0483. The zero-order chi connectivity index (χ0) is 13.9. The van der Waals surface area contributed by atoms with Gasteiger partial charge in [0.15, 0.2) is 0 Å². The van der Waals surface area contributed by atoms with Gasteiger partial charge in [-0.15, -0.1) is 0 Å². The molecule has 4 nitrogen and oxygen atoms in total. The van der Waals surface area contributed by atoms with E-state index in [1.54, 1.807) is 0 Å². The third kappa shape index (κ3) is 3.13. The quantitative estimate of drug-likeness (QED) is 0.897. The van der Waals surface area contributed by atoms with Crippen LogP contribution in [0.4, 0.5) is 4.39 Å². The molecule has 1 aliphatic rings. The zero-order valence-corrected chi connectivity index (χ0v) is 11.4. The Balaban J connectivity index is 2.33. The molecule has 0 atom stereocenters. The van der Waals surface area contributed by atoms with E-state index in [0.717, 1.165) is 31.7 Å². The largest absolute Gasteiger partial charge is 0.395 e. The van der Waals surface area contributed by atoms with Gasteiger partial charge in [-0.05, 0) is 31.0 Å². The number of hydrogen-bond donors (Lipinski definition) is 1. The summed E-state index contributed by atoms with van der Waals surface area (Å²) in [5, 5.41) is 9.08. The molecule has 1 aromatic rings. The number of halogens is 1. The van der Waals surface area contributed by atoms with Crippen molar-refractivity contribution in [1.29, 1.82) is 0 Å². The fourth-order valence-corrected chi connectivity index (χ4v) is 4.26. The van der Waals surface area contributed by atoms with E-state index in [2.05, 4.69) is 0 Å². The first-order valence-electron chi connectivity index (χ1n) is 6.44. The average Bonchev–Trinajstić information content (AvgIpc) is 2.89. The number of sulfonamides is 1. The molecule has 0 spiro atoms. The highest BCUT2D eigenvalue weighted by atomic mass is 32.2. The Morgan fingerprint density at radius 3 is 2.58 bits per heavy atom. The van der Waals surface area contributed by atoms with E-state index in [9.17, 15) is 12.8 Å². The van der Waals surface area contributed by atoms with E-state index in [1.807, 2.05) is 0 Å². The van der Waals surface area contributed by atoms with Gasteiger partial charge >= 0.3 is 0 Å². The van der Waals surface area contributed by atoms with Crippen molar-refractivity contribution in [2.75, 3.05) is 13.2 Å². The number of benzene rings is 1. The Bertz CT molecular complexity index is 526. The number of rotatable bonds is 5. The Morgan fingerprint density at radius 1 is 1.32 bits per heavy atom. The van der Waals surface area contributed by atoms with E-state index in [4.69, 9.17) is 5.11 Å². The highest BCUT2D eigenvalue weighted by molar-refractivity contribution is 7.89. The van der Waals surface area contributed by atoms with Crippen molar-refractivity contribution in [3.05, 3.63) is 30.1 Å². The van der Waals surface area contributed by atoms with Crippen LogP contribution in [0.1, 0.15) is 25.7 Å². The molecule has 106 valence electrons. The number of nitrogens with zero attached hydrogens (tertiary/aromatic N) is 1. The summed E-state index contributed by atoms with van der Waals surface area (Å²) in [6, 6.07) is 4.92. The lowest BCUT2D eigenvalue weighted by atomic mass is 10.2. The summed E-state index contributed by atoms with van der Waals surface area (Å²) in [6.07, 6.45) is 3.58. The van der Waals surface area contributed by atoms with Gasteiger partial charge in [-0.25, -0.2) is 12.8 Å².